The number of carbonyl (C=O) groups is 1. The molecule has 15 heavy (non-hydrogen) atoms. The normalized spacial score (nSPS) is 11.2. The topological polar surface area (TPSA) is 109 Å². The highest BCUT2D eigenvalue weighted by molar-refractivity contribution is 7.90. The highest BCUT2D eigenvalue weighted by atomic mass is 32.2. The summed E-state index contributed by atoms with van der Waals surface area (Å²) in [6.45, 7) is -0.0435. The maximum Gasteiger partial charge on any atom is 0.320 e. The van der Waals surface area contributed by atoms with Gasteiger partial charge in [-0.1, -0.05) is 0 Å². The maximum absolute atomic E-state index is 11.1. The number of sulfonamides is 1. The summed E-state index contributed by atoms with van der Waals surface area (Å²) in [7, 11) is -3.79. The minimum Gasteiger partial charge on any atom is -0.480 e. The van der Waals surface area contributed by atoms with Crippen molar-refractivity contribution in [1.29, 1.82) is 0 Å². The quantitative estimate of drug-likeness (QED) is 0.671. The number of aliphatic carboxylic acids is 1. The Balaban J connectivity index is 2.54. The number of carboxylic acid groups (broad SMARTS) is 1. The molecule has 0 spiro atoms. The van der Waals surface area contributed by atoms with E-state index < -0.39 is 21.7 Å². The van der Waals surface area contributed by atoms with E-state index >= 15 is 0 Å². The Kier molecular flexibility index (Phi) is 3.69. The predicted octanol–water partition coefficient (Wildman–Crippen LogP) is -1.02. The third-order valence-corrected chi connectivity index (χ3v) is 2.64. The lowest BCUT2D eigenvalue weighted by atomic mass is 10.4. The monoisotopic (exact) mass is 231 g/mol. The fraction of sp³-hybridized carbons (Fsp3) is 0.286. The van der Waals surface area contributed by atoms with Crippen LogP contribution in [-0.4, -0.2) is 35.2 Å². The second-order valence-corrected chi connectivity index (χ2v) is 4.48. The van der Waals surface area contributed by atoms with Crippen LogP contribution < -0.4 is 4.72 Å². The molecule has 1 heterocycles. The molecule has 7 nitrogen and oxygen atoms in total. The van der Waals surface area contributed by atoms with Crippen LogP contribution in [-0.2, 0) is 21.4 Å². The number of hydrogen-bond acceptors (Lipinski definition) is 5. The van der Waals surface area contributed by atoms with Crippen LogP contribution in [0.4, 0.5) is 0 Å². The first-order valence-corrected chi connectivity index (χ1v) is 5.59. The summed E-state index contributed by atoms with van der Waals surface area (Å²) in [4.78, 5) is 17.6. The van der Waals surface area contributed by atoms with Crippen LogP contribution in [0.2, 0.25) is 0 Å². The average Bonchev–Trinajstić information content (AvgIpc) is 2.15. The molecule has 0 radical (unpaired) electrons. The van der Waals surface area contributed by atoms with Gasteiger partial charge in [-0.3, -0.25) is 4.79 Å². The third kappa shape index (κ3) is 4.47. The van der Waals surface area contributed by atoms with Crippen LogP contribution in [0.15, 0.2) is 18.6 Å². The van der Waals surface area contributed by atoms with Crippen LogP contribution in [0.3, 0.4) is 0 Å². The minimum absolute atomic E-state index is 0.0435. The van der Waals surface area contributed by atoms with Gasteiger partial charge in [-0.15, -0.1) is 0 Å². The Labute approximate surface area is 86.2 Å². The van der Waals surface area contributed by atoms with Gasteiger partial charge in [-0.25, -0.2) is 23.1 Å². The van der Waals surface area contributed by atoms with E-state index in [0.29, 0.717) is 5.69 Å². The molecule has 0 atom stereocenters. The first-order valence-electron chi connectivity index (χ1n) is 3.93. The van der Waals surface area contributed by atoms with Gasteiger partial charge in [0, 0.05) is 6.20 Å². The summed E-state index contributed by atoms with van der Waals surface area (Å²) < 4.78 is 24.3. The zero-order valence-electron chi connectivity index (χ0n) is 7.62. The summed E-state index contributed by atoms with van der Waals surface area (Å²) in [5.74, 6) is -2.34. The fourth-order valence-corrected chi connectivity index (χ4v) is 1.62. The highest BCUT2D eigenvalue weighted by Crippen LogP contribution is 1.92. The molecule has 1 rings (SSSR count). The molecule has 0 aliphatic rings. The second kappa shape index (κ2) is 4.80. The molecule has 2 N–H and O–H groups in total. The van der Waals surface area contributed by atoms with Gasteiger partial charge < -0.3 is 5.11 Å². The van der Waals surface area contributed by atoms with E-state index in [1.807, 2.05) is 0 Å². The van der Waals surface area contributed by atoms with Gasteiger partial charge in [-0.2, -0.15) is 0 Å². The Morgan fingerprint density at radius 3 is 2.80 bits per heavy atom. The molecular formula is C7H9N3O4S. The Hall–Kier alpha value is -1.54. The van der Waals surface area contributed by atoms with Gasteiger partial charge in [0.1, 0.15) is 6.33 Å². The Morgan fingerprint density at radius 2 is 2.27 bits per heavy atom. The molecule has 0 saturated heterocycles. The van der Waals surface area contributed by atoms with Crippen molar-refractivity contribution in [3.8, 4) is 0 Å². The van der Waals surface area contributed by atoms with Crippen LogP contribution in [0.25, 0.3) is 0 Å². The molecule has 0 bridgehead atoms. The molecule has 0 aliphatic heterocycles. The number of rotatable bonds is 5. The summed E-state index contributed by atoms with van der Waals surface area (Å²) in [5, 5.41) is 8.30. The van der Waals surface area contributed by atoms with Crippen LogP contribution in [0.5, 0.6) is 0 Å². The standard InChI is InChI=1S/C7H9N3O4S/c11-7(12)4-15(13,14)10-3-6-1-2-8-5-9-6/h1-2,5,10H,3-4H2,(H,11,12). The first kappa shape index (κ1) is 11.5. The molecule has 0 unspecified atom stereocenters. The van der Waals surface area contributed by atoms with Crippen molar-refractivity contribution in [3.05, 3.63) is 24.3 Å². The number of nitrogens with zero attached hydrogens (tertiary/aromatic N) is 2. The average molecular weight is 231 g/mol. The lowest BCUT2D eigenvalue weighted by Crippen LogP contribution is -2.29. The largest absolute Gasteiger partial charge is 0.480 e. The fourth-order valence-electron chi connectivity index (χ4n) is 0.820. The molecule has 0 fully saturated rings. The molecule has 0 amide bonds. The predicted molar refractivity (Wildman–Crippen MR) is 50.3 cm³/mol. The van der Waals surface area contributed by atoms with Crippen molar-refractivity contribution in [2.24, 2.45) is 0 Å². The lowest BCUT2D eigenvalue weighted by molar-refractivity contribution is -0.134. The molecule has 1 aromatic rings. The van der Waals surface area contributed by atoms with Gasteiger partial charge in [0.15, 0.2) is 5.75 Å². The number of nitrogens with one attached hydrogen (secondary N) is 1. The smallest absolute Gasteiger partial charge is 0.320 e. The van der Waals surface area contributed by atoms with Gasteiger partial charge in [0.25, 0.3) is 0 Å². The second-order valence-electron chi connectivity index (χ2n) is 2.67. The SMILES string of the molecule is O=C(O)CS(=O)(=O)NCc1ccncn1. The van der Waals surface area contributed by atoms with E-state index in [0.717, 1.165) is 0 Å². The van der Waals surface area contributed by atoms with Crippen molar-refractivity contribution in [3.63, 3.8) is 0 Å². The van der Waals surface area contributed by atoms with Crippen LogP contribution in [0, 0.1) is 0 Å². The van der Waals surface area contributed by atoms with Crippen molar-refractivity contribution in [2.75, 3.05) is 5.75 Å². The Bertz CT molecular complexity index is 431. The van der Waals surface area contributed by atoms with E-state index in [1.54, 1.807) is 0 Å². The third-order valence-electron chi connectivity index (χ3n) is 1.43. The maximum atomic E-state index is 11.1. The van der Waals surface area contributed by atoms with Crippen LogP contribution >= 0.6 is 0 Å². The summed E-state index contributed by atoms with van der Waals surface area (Å²) >= 11 is 0. The zero-order chi connectivity index (χ0) is 11.3. The van der Waals surface area contributed by atoms with E-state index in [4.69, 9.17) is 5.11 Å². The van der Waals surface area contributed by atoms with E-state index in [-0.39, 0.29) is 6.54 Å². The molecular weight excluding hydrogens is 222 g/mol. The number of aromatic nitrogens is 2. The summed E-state index contributed by atoms with van der Waals surface area (Å²) in [5.41, 5.74) is 0.471. The summed E-state index contributed by atoms with van der Waals surface area (Å²) in [6, 6.07) is 1.53. The minimum atomic E-state index is -3.79. The molecule has 82 valence electrons. The van der Waals surface area contributed by atoms with Gasteiger partial charge >= 0.3 is 5.97 Å². The van der Waals surface area contributed by atoms with E-state index in [1.165, 1.54) is 18.6 Å². The molecule has 1 aromatic heterocycles. The highest BCUT2D eigenvalue weighted by Gasteiger charge is 2.14. The number of hydrogen-bond donors (Lipinski definition) is 2. The van der Waals surface area contributed by atoms with Crippen molar-refractivity contribution >= 4 is 16.0 Å². The zero-order valence-corrected chi connectivity index (χ0v) is 8.44. The molecule has 8 heteroatoms. The Morgan fingerprint density at radius 1 is 1.53 bits per heavy atom. The summed E-state index contributed by atoms with van der Waals surface area (Å²) in [6.07, 6.45) is 2.74. The van der Waals surface area contributed by atoms with Crippen LogP contribution in [0.1, 0.15) is 5.69 Å². The van der Waals surface area contributed by atoms with Crippen molar-refractivity contribution < 1.29 is 18.3 Å². The van der Waals surface area contributed by atoms with E-state index in [2.05, 4.69) is 14.7 Å². The molecule has 0 saturated carbocycles. The van der Waals surface area contributed by atoms with Crippen molar-refractivity contribution in [1.82, 2.24) is 14.7 Å². The molecule has 0 aliphatic carbocycles. The van der Waals surface area contributed by atoms with E-state index in [9.17, 15) is 13.2 Å². The van der Waals surface area contributed by atoms with Gasteiger partial charge in [-0.05, 0) is 6.07 Å². The van der Waals surface area contributed by atoms with Gasteiger partial charge in [0.2, 0.25) is 10.0 Å². The first-order chi connectivity index (χ1) is 6.99. The molecule has 0 aromatic carbocycles. The van der Waals surface area contributed by atoms with Crippen molar-refractivity contribution in [2.45, 2.75) is 6.54 Å². The lowest BCUT2D eigenvalue weighted by Gasteiger charge is -2.02. The number of carboxylic acids is 1. The van der Waals surface area contributed by atoms with Gasteiger partial charge in [0.05, 0.1) is 12.2 Å².